The van der Waals surface area contributed by atoms with E-state index in [1.807, 2.05) is 12.1 Å². The van der Waals surface area contributed by atoms with Gasteiger partial charge in [0.05, 0.1) is 17.8 Å². The number of piperazine rings is 1. The van der Waals surface area contributed by atoms with E-state index >= 15 is 0 Å². The van der Waals surface area contributed by atoms with Crippen molar-refractivity contribution in [3.63, 3.8) is 0 Å². The summed E-state index contributed by atoms with van der Waals surface area (Å²) < 4.78 is 6.38. The van der Waals surface area contributed by atoms with E-state index in [1.54, 1.807) is 7.11 Å². The molecule has 0 atom stereocenters. The van der Waals surface area contributed by atoms with Gasteiger partial charge >= 0.3 is 0 Å². The first kappa shape index (κ1) is 15.2. The number of nitrogens with zero attached hydrogens (tertiary/aromatic N) is 1. The monoisotopic (exact) mass is 395 g/mol. The summed E-state index contributed by atoms with van der Waals surface area (Å²) in [6.07, 6.45) is 0. The van der Waals surface area contributed by atoms with Gasteiger partial charge in [0.25, 0.3) is 0 Å². The molecule has 0 aliphatic carbocycles. The van der Waals surface area contributed by atoms with Crippen molar-refractivity contribution in [2.24, 2.45) is 0 Å². The fourth-order valence-corrected chi connectivity index (χ4v) is 2.74. The summed E-state index contributed by atoms with van der Waals surface area (Å²) >= 11 is 8.32. The van der Waals surface area contributed by atoms with E-state index in [1.165, 1.54) is 0 Å². The molecule has 1 heterocycles. The summed E-state index contributed by atoms with van der Waals surface area (Å²) in [6, 6.07) is 3.88. The van der Waals surface area contributed by atoms with Crippen LogP contribution in [0.25, 0.3) is 0 Å². The fourth-order valence-electron chi connectivity index (χ4n) is 2.12. The Bertz CT molecular complexity index is 425. The molecule has 1 aromatic rings. The van der Waals surface area contributed by atoms with Gasteiger partial charge in [-0.15, -0.1) is 0 Å². The minimum absolute atomic E-state index is 0.727. The third-order valence-electron chi connectivity index (χ3n) is 3.20. The van der Waals surface area contributed by atoms with Gasteiger partial charge in [-0.05, 0) is 28.7 Å². The second-order valence-corrected chi connectivity index (χ2v) is 6.05. The zero-order valence-electron chi connectivity index (χ0n) is 11.0. The zero-order chi connectivity index (χ0) is 13.7. The Morgan fingerprint density at radius 2 is 2.16 bits per heavy atom. The second-order valence-electron chi connectivity index (χ2n) is 4.49. The molecule has 1 aliphatic heterocycles. The maximum absolute atomic E-state index is 6.09. The maximum atomic E-state index is 6.09. The summed E-state index contributed by atoms with van der Waals surface area (Å²) in [5.74, 6) is 0.797. The van der Waals surface area contributed by atoms with Crippen LogP contribution in [-0.4, -0.2) is 51.3 Å². The van der Waals surface area contributed by atoms with Crippen LogP contribution in [0.5, 0.6) is 5.75 Å². The average molecular weight is 396 g/mol. The molecule has 4 nitrogen and oxygen atoms in total. The van der Waals surface area contributed by atoms with E-state index in [0.29, 0.717) is 0 Å². The van der Waals surface area contributed by atoms with E-state index in [4.69, 9.17) is 16.3 Å². The summed E-state index contributed by atoms with van der Waals surface area (Å²) in [5, 5.41) is 7.51. The van der Waals surface area contributed by atoms with Crippen LogP contribution in [0.3, 0.4) is 0 Å². The second kappa shape index (κ2) is 7.52. The first-order chi connectivity index (χ1) is 9.20. The van der Waals surface area contributed by atoms with Crippen LogP contribution in [0.15, 0.2) is 12.1 Å². The summed E-state index contributed by atoms with van der Waals surface area (Å²) in [7, 11) is 1.67. The van der Waals surface area contributed by atoms with Gasteiger partial charge in [0.1, 0.15) is 5.75 Å². The fraction of sp³-hybridized carbons (Fsp3) is 0.538. The molecule has 2 N–H and O–H groups in total. The molecule has 0 bridgehead atoms. The SMILES string of the molecule is COc1cc(Cl)c(I)cc1NCCN1CCNCC1. The first-order valence-electron chi connectivity index (χ1n) is 6.40. The molecule has 19 heavy (non-hydrogen) atoms. The molecule has 0 spiro atoms. The quantitative estimate of drug-likeness (QED) is 0.750. The molecule has 0 amide bonds. The van der Waals surface area contributed by atoms with Gasteiger partial charge in [-0.25, -0.2) is 0 Å². The van der Waals surface area contributed by atoms with Crippen molar-refractivity contribution in [1.82, 2.24) is 10.2 Å². The van der Waals surface area contributed by atoms with Crippen LogP contribution < -0.4 is 15.4 Å². The van der Waals surface area contributed by atoms with Crippen molar-refractivity contribution in [3.05, 3.63) is 20.7 Å². The van der Waals surface area contributed by atoms with Gasteiger partial charge in [0, 0.05) is 48.9 Å². The average Bonchev–Trinajstić information content (AvgIpc) is 2.43. The van der Waals surface area contributed by atoms with E-state index in [9.17, 15) is 0 Å². The van der Waals surface area contributed by atoms with Crippen LogP contribution in [0.1, 0.15) is 0 Å². The molecule has 1 aliphatic rings. The number of nitrogens with one attached hydrogen (secondary N) is 2. The number of halogens is 2. The van der Waals surface area contributed by atoms with Gasteiger partial charge in [0.15, 0.2) is 0 Å². The smallest absolute Gasteiger partial charge is 0.143 e. The molecular formula is C13H19ClIN3O. The molecule has 6 heteroatoms. The summed E-state index contributed by atoms with van der Waals surface area (Å²) in [4.78, 5) is 2.46. The van der Waals surface area contributed by atoms with E-state index < -0.39 is 0 Å². The molecule has 106 valence electrons. The van der Waals surface area contributed by atoms with Gasteiger partial charge < -0.3 is 15.4 Å². The van der Waals surface area contributed by atoms with Crippen molar-refractivity contribution >= 4 is 39.9 Å². The Morgan fingerprint density at radius 1 is 1.42 bits per heavy atom. The Kier molecular flexibility index (Phi) is 6.00. The molecule has 1 fully saturated rings. The number of hydrogen-bond donors (Lipinski definition) is 2. The highest BCUT2D eigenvalue weighted by Crippen LogP contribution is 2.31. The van der Waals surface area contributed by atoms with Crippen LogP contribution in [0.2, 0.25) is 5.02 Å². The minimum atomic E-state index is 0.727. The van der Waals surface area contributed by atoms with Gasteiger partial charge in [0.2, 0.25) is 0 Å². The molecule has 1 aromatic carbocycles. The predicted molar refractivity (Wildman–Crippen MR) is 88.5 cm³/mol. The third kappa shape index (κ3) is 4.37. The Hall–Kier alpha value is -0.240. The number of hydrogen-bond acceptors (Lipinski definition) is 4. The van der Waals surface area contributed by atoms with Crippen molar-refractivity contribution < 1.29 is 4.74 Å². The van der Waals surface area contributed by atoms with Gasteiger partial charge in [-0.2, -0.15) is 0 Å². The largest absolute Gasteiger partial charge is 0.495 e. The summed E-state index contributed by atoms with van der Waals surface area (Å²) in [5.41, 5.74) is 1.01. The maximum Gasteiger partial charge on any atom is 0.143 e. The van der Waals surface area contributed by atoms with Crippen LogP contribution in [0.4, 0.5) is 5.69 Å². The lowest BCUT2D eigenvalue weighted by Gasteiger charge is -2.27. The Balaban J connectivity index is 1.89. The normalized spacial score (nSPS) is 16.4. The van der Waals surface area contributed by atoms with Crippen molar-refractivity contribution in [2.45, 2.75) is 0 Å². The number of methoxy groups -OCH3 is 1. The lowest BCUT2D eigenvalue weighted by atomic mass is 10.3. The lowest BCUT2D eigenvalue weighted by Crippen LogP contribution is -2.45. The highest BCUT2D eigenvalue weighted by atomic mass is 127. The molecule has 0 saturated carbocycles. The van der Waals surface area contributed by atoms with Gasteiger partial charge in [-0.1, -0.05) is 11.6 Å². The summed E-state index contributed by atoms with van der Waals surface area (Å²) in [6.45, 7) is 6.37. The Morgan fingerprint density at radius 3 is 2.84 bits per heavy atom. The number of ether oxygens (including phenoxy) is 1. The highest BCUT2D eigenvalue weighted by molar-refractivity contribution is 14.1. The zero-order valence-corrected chi connectivity index (χ0v) is 13.9. The van der Waals surface area contributed by atoms with E-state index in [-0.39, 0.29) is 0 Å². The van der Waals surface area contributed by atoms with Crippen molar-refractivity contribution in [2.75, 3.05) is 51.7 Å². The molecule has 1 saturated heterocycles. The van der Waals surface area contributed by atoms with Crippen LogP contribution in [-0.2, 0) is 0 Å². The molecule has 0 unspecified atom stereocenters. The first-order valence-corrected chi connectivity index (χ1v) is 7.86. The third-order valence-corrected chi connectivity index (χ3v) is 4.72. The predicted octanol–water partition coefficient (Wildman–Crippen LogP) is 2.27. The number of benzene rings is 1. The number of anilines is 1. The standard InChI is InChI=1S/C13H19ClIN3O/c1-19-13-8-10(14)11(15)9-12(13)17-4-7-18-5-2-16-3-6-18/h8-9,16-17H,2-7H2,1H3. The molecule has 0 radical (unpaired) electrons. The lowest BCUT2D eigenvalue weighted by molar-refractivity contribution is 0.249. The minimum Gasteiger partial charge on any atom is -0.495 e. The number of rotatable bonds is 5. The van der Waals surface area contributed by atoms with Crippen LogP contribution in [0, 0.1) is 3.57 Å². The molecule has 0 aromatic heterocycles. The van der Waals surface area contributed by atoms with E-state index in [0.717, 1.165) is 59.3 Å². The molecule has 2 rings (SSSR count). The molecular weight excluding hydrogens is 377 g/mol. The Labute approximate surface area is 133 Å². The van der Waals surface area contributed by atoms with Gasteiger partial charge in [-0.3, -0.25) is 4.90 Å². The highest BCUT2D eigenvalue weighted by Gasteiger charge is 2.10. The van der Waals surface area contributed by atoms with Crippen molar-refractivity contribution in [3.8, 4) is 5.75 Å². The van der Waals surface area contributed by atoms with Crippen LogP contribution >= 0.6 is 34.2 Å². The van der Waals surface area contributed by atoms with Crippen molar-refractivity contribution in [1.29, 1.82) is 0 Å². The topological polar surface area (TPSA) is 36.5 Å². The van der Waals surface area contributed by atoms with E-state index in [2.05, 4.69) is 38.1 Å².